The number of hydrogen-bond acceptors (Lipinski definition) is 2. The Bertz CT molecular complexity index is 231. The summed E-state index contributed by atoms with van der Waals surface area (Å²) in [6.07, 6.45) is 0.698. The molecule has 0 amide bonds. The van der Waals surface area contributed by atoms with Crippen LogP contribution in [0.4, 0.5) is 8.78 Å². The first-order chi connectivity index (χ1) is 7.09. The highest BCUT2D eigenvalue weighted by molar-refractivity contribution is 5.06. The first kappa shape index (κ1) is 11.3. The molecule has 2 unspecified atom stereocenters. The van der Waals surface area contributed by atoms with E-state index in [1.807, 2.05) is 6.92 Å². The highest BCUT2D eigenvalue weighted by atomic mass is 19.3. The van der Waals surface area contributed by atoms with Crippen molar-refractivity contribution in [1.29, 1.82) is 0 Å². The summed E-state index contributed by atoms with van der Waals surface area (Å²) in [6, 6.07) is 0.879. The topological polar surface area (TPSA) is 15.3 Å². The van der Waals surface area contributed by atoms with Gasteiger partial charge in [-0.2, -0.15) is 0 Å². The Labute approximate surface area is 90.0 Å². The zero-order valence-electron chi connectivity index (χ0n) is 9.47. The summed E-state index contributed by atoms with van der Waals surface area (Å²) in [7, 11) is 0. The predicted molar refractivity (Wildman–Crippen MR) is 56.2 cm³/mol. The van der Waals surface area contributed by atoms with Crippen molar-refractivity contribution in [3.63, 3.8) is 0 Å². The van der Waals surface area contributed by atoms with Gasteiger partial charge in [-0.3, -0.25) is 4.90 Å². The van der Waals surface area contributed by atoms with Crippen molar-refractivity contribution < 1.29 is 8.78 Å². The molecule has 15 heavy (non-hydrogen) atoms. The van der Waals surface area contributed by atoms with E-state index in [9.17, 15) is 8.78 Å². The van der Waals surface area contributed by atoms with Gasteiger partial charge in [-0.15, -0.1) is 0 Å². The lowest BCUT2D eigenvalue weighted by atomic mass is 9.97. The van der Waals surface area contributed by atoms with Gasteiger partial charge in [0.15, 0.2) is 0 Å². The fourth-order valence-electron chi connectivity index (χ4n) is 2.80. The van der Waals surface area contributed by atoms with Crippen LogP contribution in [-0.4, -0.2) is 42.0 Å². The van der Waals surface area contributed by atoms with E-state index in [-0.39, 0.29) is 0 Å². The number of nitrogens with one attached hydrogen (secondary N) is 1. The second kappa shape index (κ2) is 3.98. The first-order valence-corrected chi connectivity index (χ1v) is 5.88. The maximum atomic E-state index is 13.1. The van der Waals surface area contributed by atoms with E-state index in [1.54, 1.807) is 0 Å². The largest absolute Gasteiger partial charge is 0.306 e. The lowest BCUT2D eigenvalue weighted by Gasteiger charge is -2.29. The minimum absolute atomic E-state index is 0.297. The molecule has 1 saturated heterocycles. The van der Waals surface area contributed by atoms with Gasteiger partial charge < -0.3 is 5.32 Å². The molecule has 1 aliphatic heterocycles. The Morgan fingerprint density at radius 3 is 2.60 bits per heavy atom. The van der Waals surface area contributed by atoms with Crippen LogP contribution < -0.4 is 5.32 Å². The molecule has 0 aromatic heterocycles. The SMILES string of the molecule is CCNC1(C(F)F)CC(C)N(C2CC2)C1. The molecule has 2 rings (SSSR count). The number of nitrogens with zero attached hydrogens (tertiary/aromatic N) is 1. The Morgan fingerprint density at radius 2 is 2.13 bits per heavy atom. The van der Waals surface area contributed by atoms with Crippen LogP contribution in [0.1, 0.15) is 33.1 Å². The molecule has 0 aromatic carbocycles. The van der Waals surface area contributed by atoms with Crippen molar-refractivity contribution in [3.8, 4) is 0 Å². The van der Waals surface area contributed by atoms with E-state index < -0.39 is 12.0 Å². The predicted octanol–water partition coefficient (Wildman–Crippen LogP) is 1.86. The monoisotopic (exact) mass is 218 g/mol. The zero-order chi connectivity index (χ0) is 11.1. The Hall–Kier alpha value is -0.220. The normalized spacial score (nSPS) is 37.8. The molecule has 1 saturated carbocycles. The summed E-state index contributed by atoms with van der Waals surface area (Å²) in [4.78, 5) is 2.26. The Morgan fingerprint density at radius 1 is 1.47 bits per heavy atom. The van der Waals surface area contributed by atoms with Crippen LogP contribution in [0.2, 0.25) is 0 Å². The molecular formula is C11H20F2N2. The Kier molecular flexibility index (Phi) is 2.99. The van der Waals surface area contributed by atoms with Gasteiger partial charge in [0.05, 0.1) is 5.54 Å². The number of alkyl halides is 2. The summed E-state index contributed by atoms with van der Waals surface area (Å²) < 4.78 is 26.2. The van der Waals surface area contributed by atoms with E-state index >= 15 is 0 Å². The van der Waals surface area contributed by atoms with Crippen LogP contribution in [0.25, 0.3) is 0 Å². The molecule has 0 aromatic rings. The summed E-state index contributed by atoms with van der Waals surface area (Å²) in [5, 5.41) is 3.01. The fraction of sp³-hybridized carbons (Fsp3) is 1.00. The molecule has 88 valence electrons. The van der Waals surface area contributed by atoms with Gasteiger partial charge in [-0.25, -0.2) is 8.78 Å². The molecule has 0 spiro atoms. The molecule has 1 aliphatic carbocycles. The van der Waals surface area contributed by atoms with Crippen LogP contribution in [0.3, 0.4) is 0 Å². The average molecular weight is 218 g/mol. The third-order valence-corrected chi connectivity index (χ3v) is 3.65. The number of likely N-dealkylation sites (N-methyl/N-ethyl adjacent to an activating group) is 1. The molecule has 4 heteroatoms. The summed E-state index contributed by atoms with van der Waals surface area (Å²) >= 11 is 0. The van der Waals surface area contributed by atoms with Crippen molar-refractivity contribution in [1.82, 2.24) is 10.2 Å². The minimum atomic E-state index is -2.26. The fourth-order valence-corrected chi connectivity index (χ4v) is 2.80. The third kappa shape index (κ3) is 2.02. The van der Waals surface area contributed by atoms with Crippen molar-refractivity contribution in [2.75, 3.05) is 13.1 Å². The first-order valence-electron chi connectivity index (χ1n) is 5.88. The van der Waals surface area contributed by atoms with Gasteiger partial charge in [0, 0.05) is 18.6 Å². The lowest BCUT2D eigenvalue weighted by Crippen LogP contribution is -2.53. The molecule has 2 fully saturated rings. The van der Waals surface area contributed by atoms with Gasteiger partial charge >= 0.3 is 0 Å². The zero-order valence-corrected chi connectivity index (χ0v) is 9.47. The van der Waals surface area contributed by atoms with Crippen LogP contribution in [0.5, 0.6) is 0 Å². The van der Waals surface area contributed by atoms with E-state index in [4.69, 9.17) is 0 Å². The van der Waals surface area contributed by atoms with E-state index in [0.29, 0.717) is 31.6 Å². The van der Waals surface area contributed by atoms with E-state index in [2.05, 4.69) is 17.1 Å². The quantitative estimate of drug-likeness (QED) is 0.774. The summed E-state index contributed by atoms with van der Waals surface area (Å²) in [6.45, 7) is 5.11. The average Bonchev–Trinajstić information content (AvgIpc) is 2.93. The van der Waals surface area contributed by atoms with Crippen LogP contribution in [0.15, 0.2) is 0 Å². The molecular weight excluding hydrogens is 198 g/mol. The van der Waals surface area contributed by atoms with E-state index in [0.717, 1.165) is 0 Å². The van der Waals surface area contributed by atoms with Gasteiger partial charge in [0.1, 0.15) is 0 Å². The van der Waals surface area contributed by atoms with Crippen molar-refractivity contribution >= 4 is 0 Å². The molecule has 0 radical (unpaired) electrons. The van der Waals surface area contributed by atoms with Crippen LogP contribution in [0, 0.1) is 0 Å². The van der Waals surface area contributed by atoms with Crippen molar-refractivity contribution in [2.45, 2.75) is 57.2 Å². The number of likely N-dealkylation sites (tertiary alicyclic amines) is 1. The maximum absolute atomic E-state index is 13.1. The molecule has 0 bridgehead atoms. The molecule has 2 nitrogen and oxygen atoms in total. The van der Waals surface area contributed by atoms with Gasteiger partial charge in [-0.1, -0.05) is 6.92 Å². The standard InChI is InChI=1S/C11H20F2N2/c1-3-14-11(10(12)13)6-8(2)15(7-11)9-4-5-9/h8-10,14H,3-7H2,1-2H3. The second-order valence-corrected chi connectivity index (χ2v) is 4.94. The summed E-state index contributed by atoms with van der Waals surface area (Å²) in [5.41, 5.74) is -0.948. The van der Waals surface area contributed by atoms with E-state index in [1.165, 1.54) is 12.8 Å². The smallest absolute Gasteiger partial charge is 0.257 e. The third-order valence-electron chi connectivity index (χ3n) is 3.65. The van der Waals surface area contributed by atoms with Gasteiger partial charge in [0.25, 0.3) is 6.43 Å². The molecule has 1 N–H and O–H groups in total. The molecule has 2 aliphatic rings. The van der Waals surface area contributed by atoms with Gasteiger partial charge in [-0.05, 0) is 32.7 Å². The highest BCUT2D eigenvalue weighted by Gasteiger charge is 2.51. The Balaban J connectivity index is 2.07. The molecule has 1 heterocycles. The van der Waals surface area contributed by atoms with Crippen LogP contribution in [-0.2, 0) is 0 Å². The lowest BCUT2D eigenvalue weighted by molar-refractivity contribution is 0.0351. The van der Waals surface area contributed by atoms with Gasteiger partial charge in [0.2, 0.25) is 0 Å². The number of hydrogen-bond donors (Lipinski definition) is 1. The van der Waals surface area contributed by atoms with Crippen molar-refractivity contribution in [2.24, 2.45) is 0 Å². The van der Waals surface area contributed by atoms with Crippen LogP contribution >= 0.6 is 0 Å². The second-order valence-electron chi connectivity index (χ2n) is 4.94. The molecule has 2 atom stereocenters. The maximum Gasteiger partial charge on any atom is 0.257 e. The minimum Gasteiger partial charge on any atom is -0.306 e. The summed E-state index contributed by atoms with van der Waals surface area (Å²) in [5.74, 6) is 0. The highest BCUT2D eigenvalue weighted by Crippen LogP contribution is 2.39. The van der Waals surface area contributed by atoms with Crippen molar-refractivity contribution in [3.05, 3.63) is 0 Å². The number of rotatable bonds is 4. The number of halogens is 2.